The van der Waals surface area contributed by atoms with Crippen LogP contribution in [0.4, 0.5) is 0 Å². The van der Waals surface area contributed by atoms with Crippen molar-refractivity contribution in [2.24, 2.45) is 0 Å². The van der Waals surface area contributed by atoms with Gasteiger partial charge in [-0.2, -0.15) is 9.64 Å². The van der Waals surface area contributed by atoms with E-state index in [1.807, 2.05) is 13.0 Å². The molecule has 0 atom stereocenters. The summed E-state index contributed by atoms with van der Waals surface area (Å²) in [5, 5.41) is 9.10. The molecule has 0 aliphatic heterocycles. The van der Waals surface area contributed by atoms with E-state index in [-0.39, 0.29) is 0 Å². The third-order valence-corrected chi connectivity index (χ3v) is 3.01. The first-order chi connectivity index (χ1) is 7.76. The van der Waals surface area contributed by atoms with E-state index in [1.165, 1.54) is 11.5 Å². The van der Waals surface area contributed by atoms with Crippen LogP contribution < -0.4 is 0 Å². The van der Waals surface area contributed by atoms with Crippen LogP contribution in [0, 0.1) is 18.3 Å². The monoisotopic (exact) mass is 234 g/mol. The molecule has 0 amide bonds. The maximum absolute atomic E-state index is 9.10. The van der Waals surface area contributed by atoms with Crippen molar-refractivity contribution in [2.75, 3.05) is 7.11 Å². The molecular formula is C11H10N2O2S. The lowest BCUT2D eigenvalue weighted by Crippen LogP contribution is -1.90. The molecular weight excluding hydrogens is 224 g/mol. The fourth-order valence-electron chi connectivity index (χ4n) is 1.39. The average molecular weight is 234 g/mol. The molecule has 0 unspecified atom stereocenters. The predicted molar refractivity (Wildman–Crippen MR) is 60.0 cm³/mol. The molecule has 0 aliphatic carbocycles. The molecule has 16 heavy (non-hydrogen) atoms. The minimum absolute atomic E-state index is 0.346. The van der Waals surface area contributed by atoms with Crippen molar-refractivity contribution >= 4 is 11.5 Å². The zero-order valence-electron chi connectivity index (χ0n) is 8.98. The highest BCUT2D eigenvalue weighted by Gasteiger charge is 2.17. The number of aromatic nitrogens is 1. The molecule has 0 aliphatic rings. The molecule has 0 aromatic carbocycles. The van der Waals surface area contributed by atoms with Gasteiger partial charge in [-0.3, -0.25) is 0 Å². The first kappa shape index (κ1) is 10.9. The Morgan fingerprint density at radius 3 is 3.00 bits per heavy atom. The summed E-state index contributed by atoms with van der Waals surface area (Å²) < 4.78 is 14.5. The van der Waals surface area contributed by atoms with Crippen LogP contribution in [0.5, 0.6) is 0 Å². The summed E-state index contributed by atoms with van der Waals surface area (Å²) in [5.74, 6) is 0.689. The lowest BCUT2D eigenvalue weighted by molar-refractivity contribution is 0.182. The number of hydrogen-bond acceptors (Lipinski definition) is 5. The second-order valence-corrected chi connectivity index (χ2v) is 4.14. The Labute approximate surface area is 97.2 Å². The Hall–Kier alpha value is -1.64. The van der Waals surface area contributed by atoms with Crippen LogP contribution in [0.3, 0.4) is 0 Å². The topological polar surface area (TPSA) is 59.1 Å². The average Bonchev–Trinajstić information content (AvgIpc) is 2.85. The molecule has 0 radical (unpaired) electrons. The van der Waals surface area contributed by atoms with E-state index in [1.54, 1.807) is 13.4 Å². The molecule has 5 heteroatoms. The Morgan fingerprint density at radius 2 is 2.44 bits per heavy atom. The summed E-state index contributed by atoms with van der Waals surface area (Å²) in [6.45, 7) is 2.29. The number of nitrogens with zero attached hydrogens (tertiary/aromatic N) is 2. The molecule has 0 spiro atoms. The summed E-state index contributed by atoms with van der Waals surface area (Å²) >= 11 is 1.26. The van der Waals surface area contributed by atoms with E-state index in [9.17, 15) is 0 Å². The number of nitriles is 1. The van der Waals surface area contributed by atoms with Crippen molar-refractivity contribution < 1.29 is 9.15 Å². The molecule has 0 saturated carbocycles. The number of ether oxygens (including phenoxy) is 1. The van der Waals surface area contributed by atoms with Crippen LogP contribution in [-0.2, 0) is 11.3 Å². The second-order valence-electron chi connectivity index (χ2n) is 3.37. The van der Waals surface area contributed by atoms with Crippen LogP contribution in [-0.4, -0.2) is 11.5 Å². The summed E-state index contributed by atoms with van der Waals surface area (Å²) in [5.41, 5.74) is 2.24. The minimum atomic E-state index is 0.346. The van der Waals surface area contributed by atoms with Gasteiger partial charge in [0.15, 0.2) is 0 Å². The van der Waals surface area contributed by atoms with Crippen LogP contribution in [0.1, 0.15) is 16.8 Å². The molecule has 82 valence electrons. The van der Waals surface area contributed by atoms with Crippen LogP contribution in [0.25, 0.3) is 10.6 Å². The van der Waals surface area contributed by atoms with Gasteiger partial charge in [-0.15, -0.1) is 0 Å². The largest absolute Gasteiger partial charge is 0.463 e. The summed E-state index contributed by atoms with van der Waals surface area (Å²) in [7, 11) is 1.58. The third-order valence-electron chi connectivity index (χ3n) is 2.11. The molecule has 0 fully saturated rings. The Balaban J connectivity index is 2.46. The fourth-order valence-corrected chi connectivity index (χ4v) is 2.19. The van der Waals surface area contributed by atoms with Gasteiger partial charge in [-0.25, -0.2) is 0 Å². The van der Waals surface area contributed by atoms with Gasteiger partial charge in [0.1, 0.15) is 16.7 Å². The van der Waals surface area contributed by atoms with E-state index in [2.05, 4.69) is 10.4 Å². The minimum Gasteiger partial charge on any atom is -0.463 e. The number of hydrogen-bond donors (Lipinski definition) is 0. The Morgan fingerprint density at radius 1 is 1.62 bits per heavy atom. The quantitative estimate of drug-likeness (QED) is 0.819. The zero-order valence-corrected chi connectivity index (χ0v) is 9.80. The lowest BCUT2D eigenvalue weighted by Gasteiger charge is -1.94. The predicted octanol–water partition coefficient (Wildman–Crippen LogP) is 2.73. The van der Waals surface area contributed by atoms with Crippen LogP contribution in [0.2, 0.25) is 0 Å². The van der Waals surface area contributed by atoms with Gasteiger partial charge >= 0.3 is 0 Å². The van der Waals surface area contributed by atoms with Crippen molar-refractivity contribution in [1.82, 2.24) is 4.37 Å². The highest BCUT2D eigenvalue weighted by atomic mass is 32.1. The first-order valence-electron chi connectivity index (χ1n) is 4.69. The highest BCUT2D eigenvalue weighted by Crippen LogP contribution is 2.31. The Bertz CT molecular complexity index is 536. The molecule has 2 aromatic rings. The van der Waals surface area contributed by atoms with E-state index in [0.717, 1.165) is 10.4 Å². The van der Waals surface area contributed by atoms with Gasteiger partial charge in [0, 0.05) is 7.11 Å². The van der Waals surface area contributed by atoms with Gasteiger partial charge in [-0.05, 0) is 30.1 Å². The van der Waals surface area contributed by atoms with E-state index < -0.39 is 0 Å². The fraction of sp³-hybridized carbons (Fsp3) is 0.273. The van der Waals surface area contributed by atoms with Crippen molar-refractivity contribution in [3.8, 4) is 16.7 Å². The van der Waals surface area contributed by atoms with Gasteiger partial charge in [-0.1, -0.05) is 0 Å². The second kappa shape index (κ2) is 4.47. The first-order valence-corrected chi connectivity index (χ1v) is 5.46. The highest BCUT2D eigenvalue weighted by molar-refractivity contribution is 7.09. The van der Waals surface area contributed by atoms with Crippen molar-refractivity contribution in [2.45, 2.75) is 13.5 Å². The lowest BCUT2D eigenvalue weighted by atomic mass is 10.2. The molecule has 0 N–H and O–H groups in total. The maximum atomic E-state index is 9.10. The smallest absolute Gasteiger partial charge is 0.147 e. The zero-order chi connectivity index (χ0) is 11.5. The SMILES string of the molecule is COCc1nsc(-c2cc(C)co2)c1C#N. The number of methoxy groups -OCH3 is 1. The molecule has 2 aromatic heterocycles. The van der Waals surface area contributed by atoms with Gasteiger partial charge < -0.3 is 9.15 Å². The van der Waals surface area contributed by atoms with E-state index in [0.29, 0.717) is 23.6 Å². The van der Waals surface area contributed by atoms with E-state index >= 15 is 0 Å². The normalized spacial score (nSPS) is 10.3. The van der Waals surface area contributed by atoms with Gasteiger partial charge in [0.2, 0.25) is 0 Å². The van der Waals surface area contributed by atoms with Crippen molar-refractivity contribution in [3.63, 3.8) is 0 Å². The maximum Gasteiger partial charge on any atom is 0.147 e. The third kappa shape index (κ3) is 1.85. The number of rotatable bonds is 3. The van der Waals surface area contributed by atoms with Crippen molar-refractivity contribution in [1.29, 1.82) is 5.26 Å². The molecule has 2 rings (SSSR count). The van der Waals surface area contributed by atoms with Gasteiger partial charge in [0.25, 0.3) is 0 Å². The summed E-state index contributed by atoms with van der Waals surface area (Å²) in [6, 6.07) is 4.04. The molecule has 0 bridgehead atoms. The standard InChI is InChI=1S/C11H10N2O2S/c1-7-3-10(15-5-7)11-8(4-12)9(6-14-2)13-16-11/h3,5H,6H2,1-2H3. The molecule has 0 saturated heterocycles. The number of furan rings is 1. The van der Waals surface area contributed by atoms with E-state index in [4.69, 9.17) is 14.4 Å². The summed E-state index contributed by atoms with van der Waals surface area (Å²) in [4.78, 5) is 0.766. The molecule has 4 nitrogen and oxygen atoms in total. The van der Waals surface area contributed by atoms with Crippen LogP contribution in [0.15, 0.2) is 16.7 Å². The van der Waals surface area contributed by atoms with Gasteiger partial charge in [0.05, 0.1) is 24.1 Å². The van der Waals surface area contributed by atoms with Crippen LogP contribution >= 0.6 is 11.5 Å². The number of aryl methyl sites for hydroxylation is 1. The Kier molecular flexibility index (Phi) is 3.04. The summed E-state index contributed by atoms with van der Waals surface area (Å²) in [6.07, 6.45) is 1.66. The van der Waals surface area contributed by atoms with Crippen molar-refractivity contribution in [3.05, 3.63) is 29.2 Å². The molecule has 2 heterocycles.